The lowest BCUT2D eigenvalue weighted by Crippen LogP contribution is -2.14. The van der Waals surface area contributed by atoms with Crippen LogP contribution in [0.2, 0.25) is 0 Å². The zero-order chi connectivity index (χ0) is 12.9. The van der Waals surface area contributed by atoms with Gasteiger partial charge in [0.15, 0.2) is 11.6 Å². The minimum atomic E-state index is -1.07. The number of hydrogen-bond acceptors (Lipinski definition) is 3. The van der Waals surface area contributed by atoms with E-state index < -0.39 is 22.2 Å². The summed E-state index contributed by atoms with van der Waals surface area (Å²) in [5.41, 5.74) is -0.867. The molecule has 0 N–H and O–H groups in total. The highest BCUT2D eigenvalue weighted by Crippen LogP contribution is 2.52. The van der Waals surface area contributed by atoms with Crippen LogP contribution < -0.4 is 4.74 Å². The van der Waals surface area contributed by atoms with E-state index in [0.29, 0.717) is 17.9 Å². The molecule has 4 nitrogen and oxygen atoms in total. The molecule has 1 aromatic carbocycles. The third-order valence-electron chi connectivity index (χ3n) is 3.69. The fraction of sp³-hybridized carbons (Fsp3) is 0.500. The summed E-state index contributed by atoms with van der Waals surface area (Å²) in [6.45, 7) is 0. The predicted molar refractivity (Wildman–Crippen MR) is 58.3 cm³/mol. The standard InChI is InChI=1S/C12H11F2NO3/c13-9-5-12(10(14)4-11(9)15(16)17)18-8-2-6-1-7(6)3-8/h4-8H,1-3H2. The average molecular weight is 255 g/mol. The van der Waals surface area contributed by atoms with E-state index in [1.807, 2.05) is 0 Å². The van der Waals surface area contributed by atoms with Crippen molar-refractivity contribution in [1.29, 1.82) is 0 Å². The molecular formula is C12H11F2NO3. The Bertz CT molecular complexity index is 510. The molecule has 2 unspecified atom stereocenters. The molecule has 0 spiro atoms. The van der Waals surface area contributed by atoms with Crippen molar-refractivity contribution < 1.29 is 18.4 Å². The van der Waals surface area contributed by atoms with Crippen molar-refractivity contribution >= 4 is 5.69 Å². The molecule has 1 aromatic rings. The first-order valence-electron chi connectivity index (χ1n) is 5.84. The number of ether oxygens (including phenoxy) is 1. The van der Waals surface area contributed by atoms with Gasteiger partial charge in [-0.05, 0) is 31.1 Å². The first-order chi connectivity index (χ1) is 8.54. The molecule has 3 rings (SSSR count). The molecule has 2 saturated carbocycles. The Morgan fingerprint density at radius 2 is 1.83 bits per heavy atom. The summed E-state index contributed by atoms with van der Waals surface area (Å²) in [6.07, 6.45) is 2.84. The van der Waals surface area contributed by atoms with Gasteiger partial charge in [0.2, 0.25) is 5.82 Å². The molecule has 2 atom stereocenters. The zero-order valence-corrected chi connectivity index (χ0v) is 9.44. The topological polar surface area (TPSA) is 52.4 Å². The van der Waals surface area contributed by atoms with Crippen molar-refractivity contribution in [3.8, 4) is 5.75 Å². The van der Waals surface area contributed by atoms with Gasteiger partial charge in [-0.1, -0.05) is 0 Å². The maximum absolute atomic E-state index is 13.6. The second-order valence-electron chi connectivity index (χ2n) is 4.96. The van der Waals surface area contributed by atoms with E-state index >= 15 is 0 Å². The molecule has 2 aliphatic rings. The number of nitro groups is 1. The van der Waals surface area contributed by atoms with Gasteiger partial charge in [-0.15, -0.1) is 0 Å². The predicted octanol–water partition coefficient (Wildman–Crippen LogP) is 3.05. The van der Waals surface area contributed by atoms with Crippen LogP contribution in [0.25, 0.3) is 0 Å². The number of rotatable bonds is 3. The van der Waals surface area contributed by atoms with Gasteiger partial charge in [0.1, 0.15) is 0 Å². The molecule has 6 heteroatoms. The smallest absolute Gasteiger partial charge is 0.307 e. The van der Waals surface area contributed by atoms with Crippen LogP contribution in [0.1, 0.15) is 19.3 Å². The Labute approximate surface area is 102 Å². The molecule has 0 amide bonds. The van der Waals surface area contributed by atoms with E-state index in [0.717, 1.165) is 18.9 Å². The summed E-state index contributed by atoms with van der Waals surface area (Å²) in [5, 5.41) is 10.4. The van der Waals surface area contributed by atoms with E-state index in [1.54, 1.807) is 0 Å². The molecule has 2 fully saturated rings. The van der Waals surface area contributed by atoms with Crippen LogP contribution in [0.3, 0.4) is 0 Å². The van der Waals surface area contributed by atoms with E-state index in [1.165, 1.54) is 6.42 Å². The fourth-order valence-electron chi connectivity index (χ4n) is 2.68. The molecule has 0 heterocycles. The summed E-state index contributed by atoms with van der Waals surface area (Å²) in [4.78, 5) is 9.49. The maximum Gasteiger partial charge on any atom is 0.307 e. The number of halogens is 2. The van der Waals surface area contributed by atoms with Crippen LogP contribution in [0.15, 0.2) is 12.1 Å². The summed E-state index contributed by atoms with van der Waals surface area (Å²) >= 11 is 0. The first-order valence-corrected chi connectivity index (χ1v) is 5.84. The Morgan fingerprint density at radius 3 is 2.44 bits per heavy atom. The van der Waals surface area contributed by atoms with Gasteiger partial charge in [-0.2, -0.15) is 4.39 Å². The maximum atomic E-state index is 13.6. The van der Waals surface area contributed by atoms with Gasteiger partial charge in [0.05, 0.1) is 17.1 Å². The number of fused-ring (bicyclic) bond motifs is 1. The van der Waals surface area contributed by atoms with E-state index in [9.17, 15) is 18.9 Å². The van der Waals surface area contributed by atoms with Gasteiger partial charge >= 0.3 is 5.69 Å². The molecular weight excluding hydrogens is 244 g/mol. The minimum absolute atomic E-state index is 0.0934. The number of benzene rings is 1. The monoisotopic (exact) mass is 255 g/mol. The number of nitrogens with zero attached hydrogens (tertiary/aromatic N) is 1. The molecule has 0 saturated heterocycles. The Balaban J connectivity index is 1.79. The van der Waals surface area contributed by atoms with Crippen LogP contribution in [-0.4, -0.2) is 11.0 Å². The summed E-state index contributed by atoms with van der Waals surface area (Å²) < 4.78 is 32.3. The van der Waals surface area contributed by atoms with Crippen molar-refractivity contribution in [1.82, 2.24) is 0 Å². The van der Waals surface area contributed by atoms with E-state index in [4.69, 9.17) is 4.74 Å². The fourth-order valence-corrected chi connectivity index (χ4v) is 2.68. The summed E-state index contributed by atoms with van der Waals surface area (Å²) in [5.74, 6) is -0.852. The van der Waals surface area contributed by atoms with Crippen LogP contribution in [0.5, 0.6) is 5.75 Å². The molecule has 0 bridgehead atoms. The lowest BCUT2D eigenvalue weighted by Gasteiger charge is -2.15. The molecule has 0 aliphatic heterocycles. The van der Waals surface area contributed by atoms with Crippen molar-refractivity contribution in [2.45, 2.75) is 25.4 Å². The van der Waals surface area contributed by atoms with E-state index in [2.05, 4.69) is 0 Å². The SMILES string of the molecule is O=[N+]([O-])c1cc(F)c(OC2CC3CC3C2)cc1F. The van der Waals surface area contributed by atoms with Gasteiger partial charge in [-0.25, -0.2) is 4.39 Å². The zero-order valence-electron chi connectivity index (χ0n) is 9.44. The van der Waals surface area contributed by atoms with Crippen LogP contribution in [-0.2, 0) is 0 Å². The van der Waals surface area contributed by atoms with E-state index in [-0.39, 0.29) is 11.9 Å². The van der Waals surface area contributed by atoms with Gasteiger partial charge in [0.25, 0.3) is 0 Å². The van der Waals surface area contributed by atoms with Crippen molar-refractivity contribution in [3.05, 3.63) is 33.9 Å². The molecule has 18 heavy (non-hydrogen) atoms. The summed E-state index contributed by atoms with van der Waals surface area (Å²) in [6, 6.07) is 1.33. The van der Waals surface area contributed by atoms with Gasteiger partial charge in [0, 0.05) is 6.07 Å². The highest BCUT2D eigenvalue weighted by atomic mass is 19.1. The van der Waals surface area contributed by atoms with Crippen molar-refractivity contribution in [2.24, 2.45) is 11.8 Å². The average Bonchev–Trinajstić information content (AvgIpc) is 2.91. The highest BCUT2D eigenvalue weighted by molar-refractivity contribution is 5.39. The second kappa shape index (κ2) is 3.90. The molecule has 2 aliphatic carbocycles. The first kappa shape index (κ1) is 11.4. The van der Waals surface area contributed by atoms with Crippen molar-refractivity contribution in [3.63, 3.8) is 0 Å². The lowest BCUT2D eigenvalue weighted by atomic mass is 10.2. The third kappa shape index (κ3) is 1.91. The van der Waals surface area contributed by atoms with Crippen LogP contribution >= 0.6 is 0 Å². The number of nitro benzene ring substituents is 1. The Morgan fingerprint density at radius 1 is 1.17 bits per heavy atom. The van der Waals surface area contributed by atoms with Crippen LogP contribution in [0.4, 0.5) is 14.5 Å². The van der Waals surface area contributed by atoms with Crippen LogP contribution in [0, 0.1) is 33.6 Å². The Hall–Kier alpha value is -1.72. The van der Waals surface area contributed by atoms with Gasteiger partial charge in [-0.3, -0.25) is 10.1 Å². The third-order valence-corrected chi connectivity index (χ3v) is 3.69. The minimum Gasteiger partial charge on any atom is -0.487 e. The Kier molecular flexibility index (Phi) is 2.46. The summed E-state index contributed by atoms with van der Waals surface area (Å²) in [7, 11) is 0. The lowest BCUT2D eigenvalue weighted by molar-refractivity contribution is -0.387. The molecule has 0 aromatic heterocycles. The second-order valence-corrected chi connectivity index (χ2v) is 4.96. The highest BCUT2D eigenvalue weighted by Gasteiger charge is 2.47. The largest absolute Gasteiger partial charge is 0.487 e. The molecule has 96 valence electrons. The van der Waals surface area contributed by atoms with Gasteiger partial charge < -0.3 is 4.74 Å². The van der Waals surface area contributed by atoms with Crippen molar-refractivity contribution in [2.75, 3.05) is 0 Å². The molecule has 0 radical (unpaired) electrons. The normalized spacial score (nSPS) is 28.9. The quantitative estimate of drug-likeness (QED) is 0.616. The number of hydrogen-bond donors (Lipinski definition) is 0.